The van der Waals surface area contributed by atoms with Crippen LogP contribution in [0, 0.1) is 28.6 Å². The summed E-state index contributed by atoms with van der Waals surface area (Å²) in [5.41, 5.74) is -1.14. The molecule has 0 spiro atoms. The van der Waals surface area contributed by atoms with Gasteiger partial charge in [-0.05, 0) is 74.3 Å². The summed E-state index contributed by atoms with van der Waals surface area (Å²) in [5.74, 6) is 0.497. The minimum Gasteiger partial charge on any atom is -0.486 e. The SMILES string of the molecule is CCCC1O[C@@H]2CC3C4CCC5=CC(=O)C=CC5(C)C4[C@@H](O)CC3(C)[C@@]2(C(=O)COc2cc(Cl)cc(Cl)c2)O1. The zero-order chi connectivity index (χ0) is 27.7. The van der Waals surface area contributed by atoms with E-state index < -0.39 is 29.5 Å². The van der Waals surface area contributed by atoms with Gasteiger partial charge in [-0.3, -0.25) is 9.59 Å². The fourth-order valence-corrected chi connectivity index (χ4v) is 9.38. The molecule has 39 heavy (non-hydrogen) atoms. The highest BCUT2D eigenvalue weighted by Gasteiger charge is 2.75. The molecule has 6 unspecified atom stereocenters. The van der Waals surface area contributed by atoms with E-state index in [4.69, 9.17) is 37.4 Å². The van der Waals surface area contributed by atoms with Crippen molar-refractivity contribution in [2.24, 2.45) is 28.6 Å². The van der Waals surface area contributed by atoms with Gasteiger partial charge in [0.2, 0.25) is 5.78 Å². The minimum atomic E-state index is -1.22. The fourth-order valence-electron chi connectivity index (χ4n) is 8.87. The summed E-state index contributed by atoms with van der Waals surface area (Å²) in [6.45, 7) is 6.11. The van der Waals surface area contributed by atoms with E-state index in [0.717, 1.165) is 24.8 Å². The largest absolute Gasteiger partial charge is 0.486 e. The second kappa shape index (κ2) is 9.70. The van der Waals surface area contributed by atoms with Crippen LogP contribution in [0.4, 0.5) is 0 Å². The summed E-state index contributed by atoms with van der Waals surface area (Å²) < 4.78 is 19.1. The molecule has 1 saturated heterocycles. The number of hydrogen-bond acceptors (Lipinski definition) is 6. The maximum atomic E-state index is 14.3. The van der Waals surface area contributed by atoms with Crippen molar-refractivity contribution in [1.29, 1.82) is 0 Å². The molecule has 1 aromatic carbocycles. The number of hydrogen-bond donors (Lipinski definition) is 1. The molecule has 9 atom stereocenters. The summed E-state index contributed by atoms with van der Waals surface area (Å²) in [6, 6.07) is 4.87. The van der Waals surface area contributed by atoms with Gasteiger partial charge in [0.05, 0.1) is 12.2 Å². The van der Waals surface area contributed by atoms with Crippen molar-refractivity contribution in [3.8, 4) is 5.75 Å². The number of Topliss-reactive ketones (excluding diaryl/α,β-unsaturated/α-hetero) is 1. The van der Waals surface area contributed by atoms with Crippen LogP contribution in [-0.4, -0.2) is 47.4 Å². The predicted octanol–water partition coefficient (Wildman–Crippen LogP) is 6.11. The lowest BCUT2D eigenvalue weighted by Crippen LogP contribution is -2.63. The third-order valence-corrected chi connectivity index (χ3v) is 10.9. The van der Waals surface area contributed by atoms with Crippen LogP contribution in [-0.2, 0) is 19.1 Å². The normalized spacial score (nSPS) is 42.3. The number of aliphatic hydroxyl groups is 1. The molecule has 0 amide bonds. The Hall–Kier alpha value is -1.70. The molecule has 0 radical (unpaired) electrons. The van der Waals surface area contributed by atoms with E-state index in [2.05, 4.69) is 20.8 Å². The standard InChI is InChI=1S/C31H36Cl2O6/c1-4-5-27-38-26-14-23-22-7-6-17-10-20(34)8-9-29(17,2)28(22)24(35)15-30(23,3)31(26,39-27)25(36)16-37-21-12-18(32)11-19(33)13-21/h8-13,22-24,26-28,35H,4-7,14-16H2,1-3H3/t22?,23?,24-,26+,27?,28?,29?,30?,31-/m0/s1. The lowest BCUT2D eigenvalue weighted by Gasteiger charge is -2.59. The molecule has 0 aromatic heterocycles. The molecule has 1 aromatic rings. The van der Waals surface area contributed by atoms with Gasteiger partial charge in [-0.15, -0.1) is 0 Å². The third-order valence-electron chi connectivity index (χ3n) is 10.4. The highest BCUT2D eigenvalue weighted by atomic mass is 35.5. The van der Waals surface area contributed by atoms with Gasteiger partial charge in [0.1, 0.15) is 12.4 Å². The Morgan fingerprint density at radius 2 is 1.95 bits per heavy atom. The van der Waals surface area contributed by atoms with Crippen molar-refractivity contribution in [3.05, 3.63) is 52.0 Å². The van der Waals surface area contributed by atoms with E-state index in [1.54, 1.807) is 30.4 Å². The molecule has 5 aliphatic rings. The number of allylic oxidation sites excluding steroid dienone is 4. The monoisotopic (exact) mass is 574 g/mol. The van der Waals surface area contributed by atoms with Crippen molar-refractivity contribution < 1.29 is 28.9 Å². The molecule has 1 heterocycles. The molecule has 0 bridgehead atoms. The number of aliphatic hydroxyl groups excluding tert-OH is 1. The Bertz CT molecular complexity index is 1240. The summed E-state index contributed by atoms with van der Waals surface area (Å²) in [5, 5.41) is 12.7. The van der Waals surface area contributed by atoms with Crippen LogP contribution < -0.4 is 4.74 Å². The number of ketones is 2. The molecule has 1 aliphatic heterocycles. The van der Waals surface area contributed by atoms with Gasteiger partial charge in [0.15, 0.2) is 17.7 Å². The number of carbonyl (C=O) groups excluding carboxylic acids is 2. The van der Waals surface area contributed by atoms with Crippen molar-refractivity contribution >= 4 is 34.8 Å². The first-order valence-corrected chi connectivity index (χ1v) is 14.8. The third kappa shape index (κ3) is 4.08. The number of carbonyl (C=O) groups is 2. The van der Waals surface area contributed by atoms with E-state index >= 15 is 0 Å². The molecule has 4 aliphatic carbocycles. The molecule has 210 valence electrons. The summed E-state index contributed by atoms with van der Waals surface area (Å²) in [4.78, 5) is 26.4. The van der Waals surface area contributed by atoms with E-state index in [1.807, 2.05) is 6.08 Å². The Kier molecular flexibility index (Phi) is 6.83. The van der Waals surface area contributed by atoms with Crippen molar-refractivity contribution in [3.63, 3.8) is 0 Å². The van der Waals surface area contributed by atoms with Crippen molar-refractivity contribution in [2.45, 2.75) is 83.4 Å². The van der Waals surface area contributed by atoms with Gasteiger partial charge < -0.3 is 19.3 Å². The van der Waals surface area contributed by atoms with Crippen LogP contribution in [0.5, 0.6) is 5.75 Å². The predicted molar refractivity (Wildman–Crippen MR) is 148 cm³/mol. The smallest absolute Gasteiger partial charge is 0.205 e. The molecule has 4 fully saturated rings. The average molecular weight is 576 g/mol. The van der Waals surface area contributed by atoms with Gasteiger partial charge in [-0.1, -0.05) is 62.0 Å². The maximum absolute atomic E-state index is 14.3. The molecule has 6 nitrogen and oxygen atoms in total. The number of benzene rings is 1. The van der Waals surface area contributed by atoms with E-state index in [-0.39, 0.29) is 41.3 Å². The van der Waals surface area contributed by atoms with Crippen molar-refractivity contribution in [2.75, 3.05) is 6.61 Å². The molecule has 1 N–H and O–H groups in total. The molecule has 8 heteroatoms. The van der Waals surface area contributed by atoms with Gasteiger partial charge in [-0.2, -0.15) is 0 Å². The topological polar surface area (TPSA) is 82.1 Å². The lowest BCUT2D eigenvalue weighted by molar-refractivity contribution is -0.200. The van der Waals surface area contributed by atoms with E-state index in [9.17, 15) is 14.7 Å². The van der Waals surface area contributed by atoms with Gasteiger partial charge >= 0.3 is 0 Å². The highest BCUT2D eigenvalue weighted by molar-refractivity contribution is 6.34. The summed E-state index contributed by atoms with van der Waals surface area (Å²) in [7, 11) is 0. The summed E-state index contributed by atoms with van der Waals surface area (Å²) in [6.07, 6.45) is 8.18. The number of halogens is 2. The highest BCUT2D eigenvalue weighted by Crippen LogP contribution is 2.69. The van der Waals surface area contributed by atoms with Gasteiger partial charge in [0, 0.05) is 26.8 Å². The van der Waals surface area contributed by atoms with Crippen LogP contribution in [0.1, 0.15) is 59.3 Å². The van der Waals surface area contributed by atoms with Crippen LogP contribution in [0.3, 0.4) is 0 Å². The number of ether oxygens (including phenoxy) is 3. The minimum absolute atomic E-state index is 0.0146. The second-order valence-corrected chi connectivity index (χ2v) is 13.3. The average Bonchev–Trinajstić information content (AvgIpc) is 3.34. The maximum Gasteiger partial charge on any atom is 0.205 e. The van der Waals surface area contributed by atoms with Crippen LogP contribution >= 0.6 is 23.2 Å². The fraction of sp³-hybridized carbons (Fsp3) is 0.613. The number of fused-ring (bicyclic) bond motifs is 7. The van der Waals surface area contributed by atoms with Gasteiger partial charge in [-0.25, -0.2) is 0 Å². The van der Waals surface area contributed by atoms with Crippen molar-refractivity contribution in [1.82, 2.24) is 0 Å². The molecule has 6 rings (SSSR count). The Labute approximate surface area is 239 Å². The van der Waals surface area contributed by atoms with Crippen LogP contribution in [0.15, 0.2) is 42.0 Å². The zero-order valence-corrected chi connectivity index (χ0v) is 24.1. The van der Waals surface area contributed by atoms with Gasteiger partial charge in [0.25, 0.3) is 0 Å². The quantitative estimate of drug-likeness (QED) is 0.441. The zero-order valence-electron chi connectivity index (χ0n) is 22.6. The lowest BCUT2D eigenvalue weighted by atomic mass is 9.46. The molecule has 3 saturated carbocycles. The first-order chi connectivity index (χ1) is 18.5. The first kappa shape index (κ1) is 27.5. The Balaban J connectivity index is 1.34. The Morgan fingerprint density at radius 1 is 1.21 bits per heavy atom. The number of rotatable bonds is 6. The second-order valence-electron chi connectivity index (χ2n) is 12.5. The molecular weight excluding hydrogens is 539 g/mol. The molecular formula is C31H36Cl2O6. The Morgan fingerprint density at radius 3 is 2.67 bits per heavy atom. The van der Waals surface area contributed by atoms with Crippen LogP contribution in [0.25, 0.3) is 0 Å². The van der Waals surface area contributed by atoms with E-state index in [1.165, 1.54) is 0 Å². The van der Waals surface area contributed by atoms with Crippen LogP contribution in [0.2, 0.25) is 10.0 Å². The summed E-state index contributed by atoms with van der Waals surface area (Å²) >= 11 is 12.3. The first-order valence-electron chi connectivity index (χ1n) is 14.1. The van der Waals surface area contributed by atoms with E-state index in [0.29, 0.717) is 35.1 Å².